The molecule has 0 amide bonds. The molecule has 0 fully saturated rings. The molecule has 0 unspecified atom stereocenters. The summed E-state index contributed by atoms with van der Waals surface area (Å²) < 4.78 is 28.4. The number of aliphatic carboxylic acids is 1. The number of aryl methyl sites for hydroxylation is 1. The lowest BCUT2D eigenvalue weighted by molar-refractivity contribution is -0.137. The first-order valence-corrected chi connectivity index (χ1v) is 11.8. The minimum atomic E-state index is -3.97. The van der Waals surface area contributed by atoms with E-state index in [0.29, 0.717) is 34.4 Å². The Bertz CT molecular complexity index is 1330. The van der Waals surface area contributed by atoms with Gasteiger partial charge in [0.25, 0.3) is 10.0 Å². The van der Waals surface area contributed by atoms with Crippen molar-refractivity contribution in [3.05, 3.63) is 64.2 Å². The Morgan fingerprint density at radius 3 is 2.77 bits per heavy atom. The summed E-state index contributed by atoms with van der Waals surface area (Å²) in [5.41, 5.74) is 4.37. The van der Waals surface area contributed by atoms with E-state index in [1.54, 1.807) is 35.8 Å². The highest BCUT2D eigenvalue weighted by molar-refractivity contribution is 7.90. The first-order chi connectivity index (χ1) is 14.4. The van der Waals surface area contributed by atoms with Crippen LogP contribution in [-0.2, 0) is 21.2 Å². The molecule has 0 bridgehead atoms. The maximum absolute atomic E-state index is 13.6. The molecule has 154 valence electrons. The van der Waals surface area contributed by atoms with Crippen LogP contribution in [0.15, 0.2) is 58.3 Å². The van der Waals surface area contributed by atoms with Gasteiger partial charge in [-0.25, -0.2) is 22.4 Å². The largest absolute Gasteiger partial charge is 0.481 e. The Labute approximate surface area is 181 Å². The van der Waals surface area contributed by atoms with Crippen LogP contribution >= 0.6 is 22.9 Å². The van der Waals surface area contributed by atoms with Crippen LogP contribution in [-0.4, -0.2) is 33.4 Å². The second kappa shape index (κ2) is 8.17. The number of thiazole rings is 1. The summed E-state index contributed by atoms with van der Waals surface area (Å²) in [6.07, 6.45) is 0.508. The van der Waals surface area contributed by atoms with Crippen LogP contribution in [0, 0.1) is 0 Å². The van der Waals surface area contributed by atoms with Crippen molar-refractivity contribution in [1.82, 2.24) is 13.9 Å². The van der Waals surface area contributed by atoms with Gasteiger partial charge in [-0.3, -0.25) is 4.79 Å². The van der Waals surface area contributed by atoms with E-state index >= 15 is 0 Å². The van der Waals surface area contributed by atoms with E-state index in [1.807, 2.05) is 5.38 Å². The lowest BCUT2D eigenvalue weighted by Crippen LogP contribution is -2.16. The number of nitrogens with zero attached hydrogens (tertiary/aromatic N) is 3. The molecular formula is C20H16ClN3O4S2. The van der Waals surface area contributed by atoms with E-state index in [0.717, 1.165) is 0 Å². The van der Waals surface area contributed by atoms with Gasteiger partial charge < -0.3 is 5.11 Å². The molecule has 0 aliphatic rings. The summed E-state index contributed by atoms with van der Waals surface area (Å²) in [6.45, 7) is 0. The molecule has 0 saturated heterocycles. The number of carboxylic acid groups (broad SMARTS) is 1. The average Bonchev–Trinajstić information content (AvgIpc) is 3.35. The molecule has 1 N–H and O–H groups in total. The highest BCUT2D eigenvalue weighted by atomic mass is 35.5. The van der Waals surface area contributed by atoms with Crippen LogP contribution < -0.4 is 0 Å². The summed E-state index contributed by atoms with van der Waals surface area (Å²) in [5, 5.41) is 11.0. The number of rotatable bonds is 7. The molecule has 3 aromatic heterocycles. The van der Waals surface area contributed by atoms with Crippen molar-refractivity contribution >= 4 is 50.0 Å². The molecule has 0 aliphatic heterocycles. The highest BCUT2D eigenvalue weighted by Gasteiger charge is 2.24. The SMILES string of the molecule is O=C(O)CCCc1cc2nc(Cl)ccc2n1S(=O)(=O)c1cccc(-c2cscn2)c1. The normalized spacial score (nSPS) is 11.8. The number of benzene rings is 1. The monoisotopic (exact) mass is 461 g/mol. The van der Waals surface area contributed by atoms with Crippen molar-refractivity contribution in [2.24, 2.45) is 0 Å². The van der Waals surface area contributed by atoms with Gasteiger partial charge in [-0.15, -0.1) is 11.3 Å². The minimum Gasteiger partial charge on any atom is -0.481 e. The van der Waals surface area contributed by atoms with E-state index in [4.69, 9.17) is 16.7 Å². The summed E-state index contributed by atoms with van der Waals surface area (Å²) in [6, 6.07) is 11.4. The van der Waals surface area contributed by atoms with Gasteiger partial charge >= 0.3 is 5.97 Å². The van der Waals surface area contributed by atoms with Crippen LogP contribution in [0.1, 0.15) is 18.5 Å². The third-order valence-electron chi connectivity index (χ3n) is 4.58. The number of hydrogen-bond donors (Lipinski definition) is 1. The van der Waals surface area contributed by atoms with E-state index in [1.165, 1.54) is 27.4 Å². The number of halogens is 1. The maximum Gasteiger partial charge on any atom is 0.303 e. The molecule has 0 spiro atoms. The Balaban J connectivity index is 1.84. The van der Waals surface area contributed by atoms with Gasteiger partial charge in [0.1, 0.15) is 5.15 Å². The molecule has 0 saturated carbocycles. The minimum absolute atomic E-state index is 0.0604. The van der Waals surface area contributed by atoms with Crippen LogP contribution in [0.4, 0.5) is 0 Å². The second-order valence-corrected chi connectivity index (χ2v) is 9.48. The molecule has 4 aromatic rings. The molecule has 0 radical (unpaired) electrons. The zero-order valence-electron chi connectivity index (χ0n) is 15.5. The van der Waals surface area contributed by atoms with E-state index in [2.05, 4.69) is 9.97 Å². The highest BCUT2D eigenvalue weighted by Crippen LogP contribution is 2.29. The number of fused-ring (bicyclic) bond motifs is 1. The number of carboxylic acids is 1. The lowest BCUT2D eigenvalue weighted by atomic mass is 10.2. The smallest absolute Gasteiger partial charge is 0.303 e. The van der Waals surface area contributed by atoms with E-state index in [9.17, 15) is 13.2 Å². The molecular weight excluding hydrogens is 446 g/mol. The maximum atomic E-state index is 13.6. The molecule has 4 rings (SSSR count). The van der Waals surface area contributed by atoms with Gasteiger partial charge in [-0.2, -0.15) is 0 Å². The first-order valence-electron chi connectivity index (χ1n) is 8.99. The molecule has 0 atom stereocenters. The van der Waals surface area contributed by atoms with Gasteiger partial charge in [-0.1, -0.05) is 23.7 Å². The first kappa shape index (κ1) is 20.5. The Hall–Kier alpha value is -2.75. The van der Waals surface area contributed by atoms with Crippen molar-refractivity contribution in [3.63, 3.8) is 0 Å². The molecule has 0 aliphatic carbocycles. The number of carbonyl (C=O) groups is 1. The predicted molar refractivity (Wildman–Crippen MR) is 115 cm³/mol. The number of pyridine rings is 1. The van der Waals surface area contributed by atoms with Crippen molar-refractivity contribution in [1.29, 1.82) is 0 Å². The van der Waals surface area contributed by atoms with Crippen molar-refractivity contribution in [3.8, 4) is 11.3 Å². The third kappa shape index (κ3) is 3.96. The quantitative estimate of drug-likeness (QED) is 0.408. The molecule has 30 heavy (non-hydrogen) atoms. The fourth-order valence-electron chi connectivity index (χ4n) is 3.25. The van der Waals surface area contributed by atoms with Gasteiger partial charge in [-0.05, 0) is 43.2 Å². The van der Waals surface area contributed by atoms with E-state index < -0.39 is 16.0 Å². The van der Waals surface area contributed by atoms with Crippen LogP contribution in [0.25, 0.3) is 22.3 Å². The molecule has 1 aromatic carbocycles. The van der Waals surface area contributed by atoms with Gasteiger partial charge in [0.05, 0.1) is 27.1 Å². The Morgan fingerprint density at radius 2 is 2.03 bits per heavy atom. The summed E-state index contributed by atoms with van der Waals surface area (Å²) in [5.74, 6) is -0.933. The summed E-state index contributed by atoms with van der Waals surface area (Å²) in [4.78, 5) is 19.5. The predicted octanol–water partition coefficient (Wildman–Crippen LogP) is 4.46. The molecule has 3 heterocycles. The van der Waals surface area contributed by atoms with Crippen molar-refractivity contribution in [2.75, 3.05) is 0 Å². The number of aromatic nitrogens is 3. The Morgan fingerprint density at radius 1 is 1.20 bits per heavy atom. The van der Waals surface area contributed by atoms with Crippen LogP contribution in [0.3, 0.4) is 0 Å². The third-order valence-corrected chi connectivity index (χ3v) is 7.13. The summed E-state index contributed by atoms with van der Waals surface area (Å²) >= 11 is 7.41. The van der Waals surface area contributed by atoms with E-state index in [-0.39, 0.29) is 22.9 Å². The van der Waals surface area contributed by atoms with Crippen molar-refractivity contribution < 1.29 is 18.3 Å². The van der Waals surface area contributed by atoms with Gasteiger partial charge in [0.2, 0.25) is 0 Å². The second-order valence-electron chi connectivity index (χ2n) is 6.59. The van der Waals surface area contributed by atoms with Crippen molar-refractivity contribution in [2.45, 2.75) is 24.2 Å². The van der Waals surface area contributed by atoms with Gasteiger partial charge in [0, 0.05) is 23.1 Å². The zero-order valence-corrected chi connectivity index (χ0v) is 17.9. The van der Waals surface area contributed by atoms with Crippen LogP contribution in [0.2, 0.25) is 5.15 Å². The standard InChI is InChI=1S/C20H16ClN3O4S2/c21-19-8-7-18-16(23-19)10-14(4-2-6-20(25)26)24(18)30(27,28)15-5-1-3-13(9-15)17-11-29-12-22-17/h1,3,5,7-12H,2,4,6H2,(H,25,26). The Kier molecular flexibility index (Phi) is 5.59. The van der Waals surface area contributed by atoms with Crippen LogP contribution in [0.5, 0.6) is 0 Å². The summed E-state index contributed by atoms with van der Waals surface area (Å²) in [7, 11) is -3.97. The fourth-order valence-corrected chi connectivity index (χ4v) is 5.56. The molecule has 10 heteroatoms. The fraction of sp³-hybridized carbons (Fsp3) is 0.150. The zero-order chi connectivity index (χ0) is 21.3. The molecule has 7 nitrogen and oxygen atoms in total. The number of hydrogen-bond acceptors (Lipinski definition) is 6. The topological polar surface area (TPSA) is 102 Å². The lowest BCUT2D eigenvalue weighted by Gasteiger charge is -2.12. The van der Waals surface area contributed by atoms with Gasteiger partial charge in [0.15, 0.2) is 0 Å². The average molecular weight is 462 g/mol.